The van der Waals surface area contributed by atoms with Crippen LogP contribution < -0.4 is 10.6 Å². The number of hydrogen-bond acceptors (Lipinski definition) is 2. The summed E-state index contributed by atoms with van der Waals surface area (Å²) in [7, 11) is 0. The van der Waals surface area contributed by atoms with Gasteiger partial charge in [-0.2, -0.15) is 0 Å². The molecule has 122 valence electrons. The lowest BCUT2D eigenvalue weighted by atomic mass is 9.96. The molecule has 0 aliphatic heterocycles. The number of nitrogens with one attached hydrogen (secondary N) is 2. The van der Waals surface area contributed by atoms with Gasteiger partial charge in [-0.05, 0) is 42.9 Å². The van der Waals surface area contributed by atoms with Gasteiger partial charge in [0.15, 0.2) is 0 Å². The molecule has 0 heterocycles. The van der Waals surface area contributed by atoms with Crippen molar-refractivity contribution in [2.45, 2.75) is 44.6 Å². The van der Waals surface area contributed by atoms with Gasteiger partial charge in [-0.3, -0.25) is 0 Å². The van der Waals surface area contributed by atoms with Gasteiger partial charge < -0.3 is 15.7 Å². The topological polar surface area (TPSA) is 61.4 Å². The number of rotatable bonds is 7. The molecule has 1 aromatic rings. The van der Waals surface area contributed by atoms with Gasteiger partial charge in [-0.25, -0.2) is 9.18 Å². The van der Waals surface area contributed by atoms with Crippen LogP contribution in [0.4, 0.5) is 9.18 Å². The van der Waals surface area contributed by atoms with Gasteiger partial charge in [-0.15, -0.1) is 0 Å². The largest absolute Gasteiger partial charge is 0.391 e. The van der Waals surface area contributed by atoms with E-state index in [2.05, 4.69) is 10.6 Å². The second kappa shape index (κ2) is 7.09. The average Bonchev–Trinajstić information content (AvgIpc) is 3.24. The Morgan fingerprint density at radius 1 is 1.27 bits per heavy atom. The van der Waals surface area contributed by atoms with Crippen molar-refractivity contribution in [3.05, 3.63) is 35.6 Å². The zero-order valence-corrected chi connectivity index (χ0v) is 13.2. The molecule has 1 aliphatic carbocycles. The lowest BCUT2D eigenvalue weighted by molar-refractivity contribution is 0.146. The predicted molar refractivity (Wildman–Crippen MR) is 84.2 cm³/mol. The third-order valence-electron chi connectivity index (χ3n) is 4.14. The quantitative estimate of drug-likeness (QED) is 0.725. The molecule has 3 N–H and O–H groups in total. The maximum absolute atomic E-state index is 13.0. The van der Waals surface area contributed by atoms with Crippen molar-refractivity contribution in [1.82, 2.24) is 10.6 Å². The van der Waals surface area contributed by atoms with E-state index in [1.54, 1.807) is 12.1 Å². The van der Waals surface area contributed by atoms with Crippen molar-refractivity contribution in [3.8, 4) is 0 Å². The normalized spacial score (nSPS) is 17.1. The van der Waals surface area contributed by atoms with E-state index in [4.69, 9.17) is 0 Å². The molecule has 1 aromatic carbocycles. The Balaban J connectivity index is 1.75. The zero-order chi connectivity index (χ0) is 16.2. The van der Waals surface area contributed by atoms with E-state index in [9.17, 15) is 14.3 Å². The van der Waals surface area contributed by atoms with Crippen LogP contribution in [-0.4, -0.2) is 30.3 Å². The van der Waals surface area contributed by atoms with Crippen LogP contribution in [0.1, 0.15) is 38.7 Å². The first-order valence-corrected chi connectivity index (χ1v) is 7.87. The number of urea groups is 1. The highest BCUT2D eigenvalue weighted by atomic mass is 19.1. The third-order valence-corrected chi connectivity index (χ3v) is 4.14. The summed E-state index contributed by atoms with van der Waals surface area (Å²) in [6.45, 7) is 4.85. The molecule has 22 heavy (non-hydrogen) atoms. The van der Waals surface area contributed by atoms with Crippen LogP contribution in [0.2, 0.25) is 0 Å². The minimum absolute atomic E-state index is 0.0540. The van der Waals surface area contributed by atoms with Gasteiger partial charge >= 0.3 is 6.03 Å². The van der Waals surface area contributed by atoms with Gasteiger partial charge in [0.05, 0.1) is 6.10 Å². The SMILES string of the molecule is CC(C)CC(O)CNC(=O)NCC1(c2ccc(F)cc2)CC1. The second-order valence-electron chi connectivity index (χ2n) is 6.63. The lowest BCUT2D eigenvalue weighted by Gasteiger charge is -2.18. The van der Waals surface area contributed by atoms with Crippen LogP contribution in [0.5, 0.6) is 0 Å². The van der Waals surface area contributed by atoms with E-state index in [0.29, 0.717) is 18.9 Å². The van der Waals surface area contributed by atoms with Crippen molar-refractivity contribution in [1.29, 1.82) is 0 Å². The van der Waals surface area contributed by atoms with Crippen molar-refractivity contribution >= 4 is 6.03 Å². The van der Waals surface area contributed by atoms with Gasteiger partial charge in [0.25, 0.3) is 0 Å². The van der Waals surface area contributed by atoms with Crippen molar-refractivity contribution in [2.24, 2.45) is 5.92 Å². The number of halogens is 1. The highest BCUT2D eigenvalue weighted by Gasteiger charge is 2.44. The number of aliphatic hydroxyl groups is 1. The van der Waals surface area contributed by atoms with Gasteiger partial charge in [-0.1, -0.05) is 26.0 Å². The lowest BCUT2D eigenvalue weighted by Crippen LogP contribution is -2.42. The van der Waals surface area contributed by atoms with E-state index in [0.717, 1.165) is 18.4 Å². The summed E-state index contributed by atoms with van der Waals surface area (Å²) in [5, 5.41) is 15.3. The molecule has 0 spiro atoms. The molecule has 4 nitrogen and oxygen atoms in total. The number of carbonyl (C=O) groups excluding carboxylic acids is 1. The molecule has 2 amide bonds. The molecule has 0 bridgehead atoms. The monoisotopic (exact) mass is 308 g/mol. The fourth-order valence-electron chi connectivity index (χ4n) is 2.67. The highest BCUT2D eigenvalue weighted by molar-refractivity contribution is 5.74. The number of benzene rings is 1. The maximum Gasteiger partial charge on any atom is 0.314 e. The van der Waals surface area contributed by atoms with Crippen LogP contribution in [0, 0.1) is 11.7 Å². The Hall–Kier alpha value is -1.62. The van der Waals surface area contributed by atoms with Crippen molar-refractivity contribution in [2.75, 3.05) is 13.1 Å². The number of carbonyl (C=O) groups is 1. The first-order valence-electron chi connectivity index (χ1n) is 7.87. The van der Waals surface area contributed by atoms with Crippen LogP contribution in [0.15, 0.2) is 24.3 Å². The van der Waals surface area contributed by atoms with E-state index < -0.39 is 6.10 Å². The van der Waals surface area contributed by atoms with Crippen LogP contribution in [-0.2, 0) is 5.41 Å². The van der Waals surface area contributed by atoms with Crippen LogP contribution >= 0.6 is 0 Å². The second-order valence-corrected chi connectivity index (χ2v) is 6.63. The van der Waals surface area contributed by atoms with E-state index >= 15 is 0 Å². The predicted octanol–water partition coefficient (Wildman–Crippen LogP) is 2.56. The standard InChI is InChI=1S/C17H25FN2O2/c1-12(2)9-15(21)10-19-16(22)20-11-17(7-8-17)13-3-5-14(18)6-4-13/h3-6,12,15,21H,7-11H2,1-2H3,(H2,19,20,22). The maximum atomic E-state index is 13.0. The summed E-state index contributed by atoms with van der Waals surface area (Å²) in [6, 6.07) is 6.22. The fourth-order valence-corrected chi connectivity index (χ4v) is 2.67. The number of aliphatic hydroxyl groups excluding tert-OH is 1. The Morgan fingerprint density at radius 2 is 1.91 bits per heavy atom. The van der Waals surface area contributed by atoms with Crippen LogP contribution in [0.3, 0.4) is 0 Å². The first kappa shape index (κ1) is 16.7. The average molecular weight is 308 g/mol. The highest BCUT2D eigenvalue weighted by Crippen LogP contribution is 2.47. The molecule has 0 radical (unpaired) electrons. The summed E-state index contributed by atoms with van der Waals surface area (Å²) in [5.74, 6) is 0.150. The van der Waals surface area contributed by atoms with Gasteiger partial charge in [0.2, 0.25) is 0 Å². The summed E-state index contributed by atoms with van der Waals surface area (Å²) in [5.41, 5.74) is 1.01. The Bertz CT molecular complexity index is 498. The molecule has 1 saturated carbocycles. The van der Waals surface area contributed by atoms with Gasteiger partial charge in [0.1, 0.15) is 5.82 Å². The Kier molecular flexibility index (Phi) is 5.40. The molecule has 1 unspecified atom stereocenters. The fraction of sp³-hybridized carbons (Fsp3) is 0.588. The molecule has 1 atom stereocenters. The van der Waals surface area contributed by atoms with Gasteiger partial charge in [0, 0.05) is 18.5 Å². The molecule has 5 heteroatoms. The van der Waals surface area contributed by atoms with E-state index in [-0.39, 0.29) is 23.8 Å². The van der Waals surface area contributed by atoms with Crippen LogP contribution in [0.25, 0.3) is 0 Å². The minimum atomic E-state index is -0.516. The Morgan fingerprint density at radius 3 is 2.45 bits per heavy atom. The number of hydrogen-bond donors (Lipinski definition) is 3. The van der Waals surface area contributed by atoms with Crippen molar-refractivity contribution < 1.29 is 14.3 Å². The summed E-state index contributed by atoms with van der Waals surface area (Å²) >= 11 is 0. The summed E-state index contributed by atoms with van der Waals surface area (Å²) in [4.78, 5) is 11.8. The zero-order valence-electron chi connectivity index (χ0n) is 13.2. The third kappa shape index (κ3) is 4.70. The van der Waals surface area contributed by atoms with E-state index in [1.165, 1.54) is 12.1 Å². The van der Waals surface area contributed by atoms with Crippen molar-refractivity contribution in [3.63, 3.8) is 0 Å². The molecule has 0 saturated heterocycles. The molecular weight excluding hydrogens is 283 g/mol. The Labute approximate surface area is 131 Å². The first-order chi connectivity index (χ1) is 10.4. The molecule has 2 rings (SSSR count). The number of amides is 2. The molecular formula is C17H25FN2O2. The summed E-state index contributed by atoms with van der Waals surface area (Å²) in [6.07, 6.45) is 2.14. The minimum Gasteiger partial charge on any atom is -0.391 e. The molecule has 1 fully saturated rings. The smallest absolute Gasteiger partial charge is 0.314 e. The molecule has 0 aromatic heterocycles. The molecule has 1 aliphatic rings. The summed E-state index contributed by atoms with van der Waals surface area (Å²) < 4.78 is 13.0. The van der Waals surface area contributed by atoms with E-state index in [1.807, 2.05) is 13.8 Å².